The lowest BCUT2D eigenvalue weighted by Gasteiger charge is -2.11. The number of amides is 1. The van der Waals surface area contributed by atoms with Gasteiger partial charge in [0, 0.05) is 0 Å². The standard InChI is InChI=1S/C12H13ClN4OS2/c1-6-3-7(2)10(8(13)4-6)15-9(18)5-19-12-17-16-11(14)20-12/h3-4H,5H2,1-2H3,(H2,14,16)(H,15,18). The molecule has 106 valence electrons. The van der Waals surface area contributed by atoms with E-state index in [1.807, 2.05) is 26.0 Å². The van der Waals surface area contributed by atoms with E-state index in [0.717, 1.165) is 11.1 Å². The van der Waals surface area contributed by atoms with Crippen molar-refractivity contribution in [1.82, 2.24) is 10.2 Å². The van der Waals surface area contributed by atoms with Crippen molar-refractivity contribution in [3.63, 3.8) is 0 Å². The summed E-state index contributed by atoms with van der Waals surface area (Å²) in [6.45, 7) is 3.87. The summed E-state index contributed by atoms with van der Waals surface area (Å²) in [7, 11) is 0. The molecule has 1 amide bonds. The van der Waals surface area contributed by atoms with Crippen LogP contribution in [-0.2, 0) is 4.79 Å². The number of rotatable bonds is 4. The van der Waals surface area contributed by atoms with Gasteiger partial charge in [-0.2, -0.15) is 0 Å². The van der Waals surface area contributed by atoms with Crippen LogP contribution < -0.4 is 11.1 Å². The van der Waals surface area contributed by atoms with Gasteiger partial charge in [-0.3, -0.25) is 4.79 Å². The van der Waals surface area contributed by atoms with Crippen LogP contribution in [0.4, 0.5) is 10.8 Å². The molecular formula is C12H13ClN4OS2. The first kappa shape index (κ1) is 15.1. The summed E-state index contributed by atoms with van der Waals surface area (Å²) in [4.78, 5) is 11.9. The van der Waals surface area contributed by atoms with E-state index in [9.17, 15) is 4.79 Å². The van der Waals surface area contributed by atoms with Gasteiger partial charge in [0.25, 0.3) is 0 Å². The highest BCUT2D eigenvalue weighted by molar-refractivity contribution is 8.01. The fourth-order valence-electron chi connectivity index (χ4n) is 1.66. The third-order valence-corrected chi connectivity index (χ3v) is 4.63. The monoisotopic (exact) mass is 328 g/mol. The molecule has 0 spiro atoms. The first-order valence-corrected chi connectivity index (χ1v) is 7.92. The third-order valence-electron chi connectivity index (χ3n) is 2.44. The van der Waals surface area contributed by atoms with Crippen LogP contribution in [0.1, 0.15) is 11.1 Å². The molecule has 0 aliphatic carbocycles. The van der Waals surface area contributed by atoms with Crippen LogP contribution in [0.15, 0.2) is 16.5 Å². The summed E-state index contributed by atoms with van der Waals surface area (Å²) in [5.41, 5.74) is 8.13. The van der Waals surface area contributed by atoms with Crippen LogP contribution in [-0.4, -0.2) is 21.9 Å². The molecule has 0 fully saturated rings. The van der Waals surface area contributed by atoms with Gasteiger partial charge in [-0.15, -0.1) is 10.2 Å². The number of nitrogens with two attached hydrogens (primary N) is 1. The molecule has 0 radical (unpaired) electrons. The maximum Gasteiger partial charge on any atom is 0.234 e. The van der Waals surface area contributed by atoms with E-state index >= 15 is 0 Å². The third kappa shape index (κ3) is 3.84. The van der Waals surface area contributed by atoms with E-state index in [1.54, 1.807) is 0 Å². The topological polar surface area (TPSA) is 80.9 Å². The number of halogens is 1. The Morgan fingerprint density at radius 3 is 2.80 bits per heavy atom. The van der Waals surface area contributed by atoms with Crippen molar-refractivity contribution in [2.75, 3.05) is 16.8 Å². The Kier molecular flexibility index (Phi) is 4.85. The van der Waals surface area contributed by atoms with Gasteiger partial charge in [-0.25, -0.2) is 0 Å². The quantitative estimate of drug-likeness (QED) is 0.843. The average Bonchev–Trinajstić information content (AvgIpc) is 2.77. The molecule has 0 saturated heterocycles. The van der Waals surface area contributed by atoms with Crippen molar-refractivity contribution in [1.29, 1.82) is 0 Å². The van der Waals surface area contributed by atoms with Crippen LogP contribution in [0.2, 0.25) is 5.02 Å². The normalized spacial score (nSPS) is 10.6. The lowest BCUT2D eigenvalue weighted by Crippen LogP contribution is -2.15. The van der Waals surface area contributed by atoms with Crippen LogP contribution in [0.3, 0.4) is 0 Å². The number of hydrogen-bond acceptors (Lipinski definition) is 6. The van der Waals surface area contributed by atoms with Gasteiger partial charge in [-0.05, 0) is 31.0 Å². The number of hydrogen-bond donors (Lipinski definition) is 2. The van der Waals surface area contributed by atoms with Crippen molar-refractivity contribution in [2.24, 2.45) is 0 Å². The molecule has 0 unspecified atom stereocenters. The Labute approximate surface area is 129 Å². The molecule has 3 N–H and O–H groups in total. The lowest BCUT2D eigenvalue weighted by molar-refractivity contribution is -0.113. The minimum atomic E-state index is -0.141. The highest BCUT2D eigenvalue weighted by Crippen LogP contribution is 2.28. The molecule has 2 rings (SSSR count). The number of carbonyl (C=O) groups excluding carboxylic acids is 1. The molecule has 5 nitrogen and oxygen atoms in total. The van der Waals surface area contributed by atoms with Crippen molar-refractivity contribution in [3.8, 4) is 0 Å². The molecule has 1 aromatic heterocycles. The van der Waals surface area contributed by atoms with Crippen LogP contribution in [0.25, 0.3) is 0 Å². The Hall–Kier alpha value is -1.31. The van der Waals surface area contributed by atoms with E-state index in [4.69, 9.17) is 17.3 Å². The second-order valence-corrected chi connectivity index (χ2v) is 6.82. The second kappa shape index (κ2) is 6.43. The fourth-order valence-corrected chi connectivity index (χ4v) is 3.46. The van der Waals surface area contributed by atoms with Gasteiger partial charge in [0.05, 0.1) is 16.5 Å². The highest BCUT2D eigenvalue weighted by atomic mass is 35.5. The number of carbonyl (C=O) groups is 1. The molecule has 0 bridgehead atoms. The van der Waals surface area contributed by atoms with Crippen LogP contribution >= 0.6 is 34.7 Å². The Morgan fingerprint density at radius 1 is 1.45 bits per heavy atom. The predicted octanol–water partition coefficient (Wildman–Crippen LogP) is 3.12. The van der Waals surface area contributed by atoms with E-state index in [2.05, 4.69) is 15.5 Å². The largest absolute Gasteiger partial charge is 0.374 e. The Bertz CT molecular complexity index is 621. The summed E-state index contributed by atoms with van der Waals surface area (Å²) < 4.78 is 0.671. The predicted molar refractivity (Wildman–Crippen MR) is 84.6 cm³/mol. The molecule has 2 aromatic rings. The number of thioether (sulfide) groups is 1. The van der Waals surface area contributed by atoms with Gasteiger partial charge >= 0.3 is 0 Å². The number of benzene rings is 1. The van der Waals surface area contributed by atoms with E-state index in [1.165, 1.54) is 23.1 Å². The summed E-state index contributed by atoms with van der Waals surface area (Å²) in [6.07, 6.45) is 0. The molecule has 1 heterocycles. The smallest absolute Gasteiger partial charge is 0.234 e. The minimum Gasteiger partial charge on any atom is -0.374 e. The number of nitrogen functional groups attached to an aromatic ring is 1. The van der Waals surface area contributed by atoms with Gasteiger partial charge in [-0.1, -0.05) is 40.8 Å². The first-order chi connectivity index (χ1) is 9.45. The van der Waals surface area contributed by atoms with Gasteiger partial charge < -0.3 is 11.1 Å². The van der Waals surface area contributed by atoms with E-state index in [-0.39, 0.29) is 11.7 Å². The van der Waals surface area contributed by atoms with E-state index < -0.39 is 0 Å². The lowest BCUT2D eigenvalue weighted by atomic mass is 10.1. The zero-order valence-corrected chi connectivity index (χ0v) is 13.3. The summed E-state index contributed by atoms with van der Waals surface area (Å²) in [6, 6.07) is 3.79. The van der Waals surface area contributed by atoms with Crippen molar-refractivity contribution in [2.45, 2.75) is 18.2 Å². The SMILES string of the molecule is Cc1cc(C)c(NC(=O)CSc2nnc(N)s2)c(Cl)c1. The van der Waals surface area contributed by atoms with Gasteiger partial charge in [0.15, 0.2) is 4.34 Å². The minimum absolute atomic E-state index is 0.141. The maximum atomic E-state index is 11.9. The number of anilines is 2. The Morgan fingerprint density at radius 2 is 2.20 bits per heavy atom. The van der Waals surface area contributed by atoms with Crippen molar-refractivity contribution in [3.05, 3.63) is 28.3 Å². The zero-order chi connectivity index (χ0) is 14.7. The zero-order valence-electron chi connectivity index (χ0n) is 10.9. The first-order valence-electron chi connectivity index (χ1n) is 5.74. The number of aromatic nitrogens is 2. The molecule has 20 heavy (non-hydrogen) atoms. The average molecular weight is 329 g/mol. The summed E-state index contributed by atoms with van der Waals surface area (Å²) in [5, 5.41) is 11.3. The molecular weight excluding hydrogens is 316 g/mol. The van der Waals surface area contributed by atoms with Crippen molar-refractivity contribution >= 4 is 51.4 Å². The summed E-state index contributed by atoms with van der Waals surface area (Å²) in [5.74, 6) is 0.0933. The molecule has 0 aliphatic heterocycles. The molecule has 0 saturated carbocycles. The second-order valence-electron chi connectivity index (χ2n) is 4.18. The maximum absolute atomic E-state index is 11.9. The van der Waals surface area contributed by atoms with Crippen molar-refractivity contribution < 1.29 is 4.79 Å². The number of aryl methyl sites for hydroxylation is 2. The highest BCUT2D eigenvalue weighted by Gasteiger charge is 2.11. The molecule has 1 aromatic carbocycles. The van der Waals surface area contributed by atoms with Gasteiger partial charge in [0.1, 0.15) is 0 Å². The molecule has 0 aliphatic rings. The molecule has 8 heteroatoms. The van der Waals surface area contributed by atoms with Gasteiger partial charge in [0.2, 0.25) is 11.0 Å². The fraction of sp³-hybridized carbons (Fsp3) is 0.250. The number of nitrogens with one attached hydrogen (secondary N) is 1. The van der Waals surface area contributed by atoms with E-state index in [0.29, 0.717) is 20.2 Å². The van der Waals surface area contributed by atoms with Crippen LogP contribution in [0.5, 0.6) is 0 Å². The summed E-state index contributed by atoms with van der Waals surface area (Å²) >= 11 is 8.69. The molecule has 0 atom stereocenters. The number of nitrogens with zero attached hydrogens (tertiary/aromatic N) is 2. The Balaban J connectivity index is 1.98. The van der Waals surface area contributed by atoms with Crippen LogP contribution in [0, 0.1) is 13.8 Å².